The monoisotopic (exact) mass is 463 g/mol. The quantitative estimate of drug-likeness (QED) is 0.447. The first-order valence-electron chi connectivity index (χ1n) is 10.8. The minimum absolute atomic E-state index is 0. The van der Waals surface area contributed by atoms with E-state index in [-0.39, 0.29) is 24.2 Å². The van der Waals surface area contributed by atoms with Crippen LogP contribution in [0.3, 0.4) is 0 Å². The Morgan fingerprint density at radius 3 is 2.21 bits per heavy atom. The van der Waals surface area contributed by atoms with E-state index in [2.05, 4.69) is 5.32 Å². The number of ketones is 1. The number of nitrogens with one attached hydrogen (secondary N) is 1. The van der Waals surface area contributed by atoms with Gasteiger partial charge in [0.25, 0.3) is 0 Å². The number of nitrogens with zero attached hydrogens (tertiary/aromatic N) is 1. The van der Waals surface area contributed by atoms with Gasteiger partial charge in [0.1, 0.15) is 6.04 Å². The van der Waals surface area contributed by atoms with Crippen molar-refractivity contribution in [2.24, 2.45) is 5.73 Å². The number of nitrogens with two attached hydrogens (primary N) is 1. The molecule has 0 bridgehead atoms. The van der Waals surface area contributed by atoms with Crippen LogP contribution in [0, 0.1) is 0 Å². The average molecular weight is 464 g/mol. The summed E-state index contributed by atoms with van der Waals surface area (Å²) in [5.41, 5.74) is 7.72. The standard InChI is InChI=1S/C26H25N3O3.ClH/c27-15-18-8-7-9-19(14-18)24(30)22-16-28-17-23-25(31)32-26(29(22)23,20-10-3-1-4-11-20)21-12-5-2-6-13-21;/h1-14,22-23,28H,15-17,27H2;1H. The second-order valence-electron chi connectivity index (χ2n) is 8.16. The Kier molecular flexibility index (Phi) is 6.63. The number of hydrogen-bond donors (Lipinski definition) is 2. The van der Waals surface area contributed by atoms with Crippen LogP contribution in [0.2, 0.25) is 0 Å². The van der Waals surface area contributed by atoms with Crippen LogP contribution in [0.5, 0.6) is 0 Å². The first-order chi connectivity index (χ1) is 15.6. The molecule has 2 aliphatic heterocycles. The fourth-order valence-electron chi connectivity index (χ4n) is 4.85. The maximum Gasteiger partial charge on any atom is 0.327 e. The van der Waals surface area contributed by atoms with Crippen LogP contribution in [0.4, 0.5) is 0 Å². The summed E-state index contributed by atoms with van der Waals surface area (Å²) in [7, 11) is 0. The normalized spacial score (nSPS) is 21.5. The SMILES string of the molecule is Cl.NCc1cccc(C(=O)C2CNCC3C(=O)OC(c4ccccc4)(c4ccccc4)N32)c1. The number of benzene rings is 3. The van der Waals surface area contributed by atoms with Gasteiger partial charge in [-0.2, -0.15) is 0 Å². The molecule has 2 saturated heterocycles. The van der Waals surface area contributed by atoms with Gasteiger partial charge in [0.05, 0.1) is 6.04 Å². The van der Waals surface area contributed by atoms with Crippen LogP contribution >= 0.6 is 12.4 Å². The van der Waals surface area contributed by atoms with Crippen molar-refractivity contribution in [1.29, 1.82) is 0 Å². The predicted molar refractivity (Wildman–Crippen MR) is 128 cm³/mol. The molecule has 7 heteroatoms. The number of carbonyl (C=O) groups excluding carboxylic acids is 2. The van der Waals surface area contributed by atoms with Crippen LogP contribution in [0.15, 0.2) is 84.9 Å². The van der Waals surface area contributed by atoms with E-state index in [1.54, 1.807) is 6.07 Å². The van der Waals surface area contributed by atoms with Gasteiger partial charge >= 0.3 is 5.97 Å². The Hall–Kier alpha value is -3.03. The van der Waals surface area contributed by atoms with Crippen molar-refractivity contribution in [3.05, 3.63) is 107 Å². The van der Waals surface area contributed by atoms with Gasteiger partial charge in [-0.3, -0.25) is 9.59 Å². The summed E-state index contributed by atoms with van der Waals surface area (Å²) in [5.74, 6) is -0.398. The molecule has 0 radical (unpaired) electrons. The molecular weight excluding hydrogens is 438 g/mol. The van der Waals surface area contributed by atoms with Crippen LogP contribution in [0.25, 0.3) is 0 Å². The number of ether oxygens (including phenoxy) is 1. The summed E-state index contributed by atoms with van der Waals surface area (Å²) < 4.78 is 6.20. The molecule has 0 saturated carbocycles. The lowest BCUT2D eigenvalue weighted by molar-refractivity contribution is -0.150. The highest BCUT2D eigenvalue weighted by atomic mass is 35.5. The van der Waals surface area contributed by atoms with E-state index in [1.807, 2.05) is 83.8 Å². The Morgan fingerprint density at radius 2 is 1.61 bits per heavy atom. The minimum Gasteiger partial charge on any atom is -0.434 e. The second kappa shape index (κ2) is 9.45. The molecular formula is C26H26ClN3O3. The van der Waals surface area contributed by atoms with Crippen molar-refractivity contribution >= 4 is 24.2 Å². The highest BCUT2D eigenvalue weighted by Gasteiger charge is 2.60. The lowest BCUT2D eigenvalue weighted by Crippen LogP contribution is -2.64. The first-order valence-corrected chi connectivity index (χ1v) is 10.8. The Balaban J connectivity index is 0.00000259. The highest BCUT2D eigenvalue weighted by molar-refractivity contribution is 6.01. The maximum absolute atomic E-state index is 13.8. The third kappa shape index (κ3) is 3.85. The van der Waals surface area contributed by atoms with Gasteiger partial charge in [-0.25, -0.2) is 4.90 Å². The zero-order chi connectivity index (χ0) is 22.1. The molecule has 2 atom stereocenters. The van der Waals surface area contributed by atoms with E-state index in [0.29, 0.717) is 25.2 Å². The number of hydrogen-bond acceptors (Lipinski definition) is 6. The molecule has 0 aromatic heterocycles. The molecule has 2 unspecified atom stereocenters. The van der Waals surface area contributed by atoms with Crippen molar-refractivity contribution in [2.75, 3.05) is 13.1 Å². The first kappa shape index (κ1) is 23.1. The number of rotatable bonds is 5. The van der Waals surface area contributed by atoms with Crippen molar-refractivity contribution in [3.8, 4) is 0 Å². The minimum atomic E-state index is -1.18. The van der Waals surface area contributed by atoms with E-state index >= 15 is 0 Å². The molecule has 3 aromatic carbocycles. The van der Waals surface area contributed by atoms with E-state index < -0.39 is 17.8 Å². The van der Waals surface area contributed by atoms with Crippen LogP contribution in [0.1, 0.15) is 27.0 Å². The number of fused-ring (bicyclic) bond motifs is 1. The van der Waals surface area contributed by atoms with Gasteiger partial charge < -0.3 is 15.8 Å². The number of esters is 1. The van der Waals surface area contributed by atoms with Crippen molar-refractivity contribution in [2.45, 2.75) is 24.4 Å². The summed E-state index contributed by atoms with van der Waals surface area (Å²) in [6.07, 6.45) is 0. The Bertz CT molecular complexity index is 1100. The molecule has 6 nitrogen and oxygen atoms in total. The molecule has 0 spiro atoms. The van der Waals surface area contributed by atoms with Gasteiger partial charge in [-0.15, -0.1) is 12.4 Å². The van der Waals surface area contributed by atoms with Crippen molar-refractivity contribution in [3.63, 3.8) is 0 Å². The van der Waals surface area contributed by atoms with Gasteiger partial charge in [0, 0.05) is 36.3 Å². The zero-order valence-electron chi connectivity index (χ0n) is 18.0. The smallest absolute Gasteiger partial charge is 0.327 e. The molecule has 3 aromatic rings. The fourth-order valence-corrected chi connectivity index (χ4v) is 4.85. The number of halogens is 1. The van der Waals surface area contributed by atoms with Crippen molar-refractivity contribution < 1.29 is 14.3 Å². The summed E-state index contributed by atoms with van der Waals surface area (Å²) in [4.78, 5) is 28.9. The van der Waals surface area contributed by atoms with Gasteiger partial charge in [-0.05, 0) is 11.6 Å². The highest BCUT2D eigenvalue weighted by Crippen LogP contribution is 2.46. The number of cyclic esters (lactones) is 1. The molecule has 170 valence electrons. The number of piperazine rings is 1. The summed E-state index contributed by atoms with van der Waals surface area (Å²) in [6.45, 7) is 1.20. The summed E-state index contributed by atoms with van der Waals surface area (Å²) in [5, 5.41) is 3.27. The molecule has 0 aliphatic carbocycles. The van der Waals surface area contributed by atoms with Gasteiger partial charge in [0.15, 0.2) is 5.78 Å². The molecule has 5 rings (SSSR count). The average Bonchev–Trinajstić information content (AvgIpc) is 3.18. The Labute approximate surface area is 199 Å². The van der Waals surface area contributed by atoms with E-state index in [4.69, 9.17) is 10.5 Å². The Morgan fingerprint density at radius 1 is 0.970 bits per heavy atom. The van der Waals surface area contributed by atoms with Crippen LogP contribution < -0.4 is 11.1 Å². The molecule has 2 heterocycles. The zero-order valence-corrected chi connectivity index (χ0v) is 18.8. The lowest BCUT2D eigenvalue weighted by Gasteiger charge is -2.44. The third-order valence-electron chi connectivity index (χ3n) is 6.31. The van der Waals surface area contributed by atoms with E-state index in [1.165, 1.54) is 0 Å². The molecule has 0 amide bonds. The maximum atomic E-state index is 13.8. The third-order valence-corrected chi connectivity index (χ3v) is 6.31. The predicted octanol–water partition coefficient (Wildman–Crippen LogP) is 2.85. The van der Waals surface area contributed by atoms with E-state index in [0.717, 1.165) is 16.7 Å². The topological polar surface area (TPSA) is 84.7 Å². The summed E-state index contributed by atoms with van der Waals surface area (Å²) in [6, 6.07) is 25.5. The summed E-state index contributed by atoms with van der Waals surface area (Å²) >= 11 is 0. The van der Waals surface area contributed by atoms with Crippen LogP contribution in [-0.2, 0) is 21.8 Å². The molecule has 3 N–H and O–H groups in total. The van der Waals surface area contributed by atoms with Gasteiger partial charge in [0.2, 0.25) is 5.72 Å². The largest absolute Gasteiger partial charge is 0.434 e. The van der Waals surface area contributed by atoms with E-state index in [9.17, 15) is 9.59 Å². The molecule has 2 fully saturated rings. The molecule has 33 heavy (non-hydrogen) atoms. The van der Waals surface area contributed by atoms with Gasteiger partial charge in [-0.1, -0.05) is 78.9 Å². The fraction of sp³-hybridized carbons (Fsp3) is 0.231. The number of Topliss-reactive ketones (excluding diaryl/α,β-unsaturated/α-hetero) is 1. The van der Waals surface area contributed by atoms with Crippen molar-refractivity contribution in [1.82, 2.24) is 10.2 Å². The van der Waals surface area contributed by atoms with Crippen LogP contribution in [-0.4, -0.2) is 41.8 Å². The second-order valence-corrected chi connectivity index (χ2v) is 8.16. The number of carbonyl (C=O) groups is 2. The lowest BCUT2D eigenvalue weighted by atomic mass is 9.88. The molecule has 2 aliphatic rings.